The van der Waals surface area contributed by atoms with Crippen LogP contribution in [0.15, 0.2) is 18.3 Å². The minimum Gasteiger partial charge on any atom is -0.334 e. The second kappa shape index (κ2) is 4.84. The van der Waals surface area contributed by atoms with Crippen molar-refractivity contribution in [1.82, 2.24) is 9.88 Å². The van der Waals surface area contributed by atoms with Gasteiger partial charge in [-0.1, -0.05) is 6.07 Å². The number of nitrogens with zero attached hydrogens (tertiary/aromatic N) is 2. The molecule has 1 aromatic rings. The van der Waals surface area contributed by atoms with Gasteiger partial charge in [-0.05, 0) is 44.4 Å². The Balaban J connectivity index is 2.19. The summed E-state index contributed by atoms with van der Waals surface area (Å²) in [5, 5.41) is 0. The number of likely N-dealkylation sites (tertiary alicyclic amines) is 1. The molecular weight excluding hydrogens is 214 g/mol. The molecule has 0 aromatic carbocycles. The van der Waals surface area contributed by atoms with Gasteiger partial charge in [0.1, 0.15) is 5.69 Å². The highest BCUT2D eigenvalue weighted by molar-refractivity contribution is 5.94. The van der Waals surface area contributed by atoms with Crippen molar-refractivity contribution in [2.24, 2.45) is 11.7 Å². The van der Waals surface area contributed by atoms with Crippen molar-refractivity contribution in [3.63, 3.8) is 0 Å². The van der Waals surface area contributed by atoms with Crippen LogP contribution >= 0.6 is 0 Å². The van der Waals surface area contributed by atoms with E-state index in [1.165, 1.54) is 0 Å². The number of nitrogens with two attached hydrogens (primary N) is 1. The summed E-state index contributed by atoms with van der Waals surface area (Å²) in [4.78, 5) is 18.4. The molecule has 0 bridgehead atoms. The smallest absolute Gasteiger partial charge is 0.272 e. The molecule has 92 valence electrons. The Labute approximate surface area is 102 Å². The van der Waals surface area contributed by atoms with Gasteiger partial charge in [0.15, 0.2) is 0 Å². The van der Waals surface area contributed by atoms with Crippen LogP contribution in [0.5, 0.6) is 0 Å². The van der Waals surface area contributed by atoms with E-state index in [1.807, 2.05) is 24.0 Å². The van der Waals surface area contributed by atoms with Crippen molar-refractivity contribution in [3.05, 3.63) is 29.6 Å². The van der Waals surface area contributed by atoms with E-state index in [0.29, 0.717) is 18.2 Å². The van der Waals surface area contributed by atoms with Crippen LogP contribution in [0.4, 0.5) is 0 Å². The zero-order valence-corrected chi connectivity index (χ0v) is 10.4. The van der Waals surface area contributed by atoms with Crippen molar-refractivity contribution in [2.75, 3.05) is 13.1 Å². The number of pyridine rings is 1. The van der Waals surface area contributed by atoms with Gasteiger partial charge in [-0.25, -0.2) is 0 Å². The van der Waals surface area contributed by atoms with Gasteiger partial charge in [-0.3, -0.25) is 9.78 Å². The minimum atomic E-state index is 0.0338. The number of carbonyl (C=O) groups is 1. The molecule has 0 radical (unpaired) electrons. The number of aryl methyl sites for hydroxylation is 1. The molecule has 1 aromatic heterocycles. The quantitative estimate of drug-likeness (QED) is 0.835. The summed E-state index contributed by atoms with van der Waals surface area (Å²) in [6, 6.07) is 4.03. The summed E-state index contributed by atoms with van der Waals surface area (Å²) in [7, 11) is 0. The molecule has 1 amide bonds. The Hall–Kier alpha value is -1.42. The normalized spacial score (nSPS) is 24.1. The third kappa shape index (κ3) is 2.31. The summed E-state index contributed by atoms with van der Waals surface area (Å²) < 4.78 is 0. The first-order valence-electron chi connectivity index (χ1n) is 6.06. The van der Waals surface area contributed by atoms with Crippen LogP contribution in [0, 0.1) is 12.8 Å². The Bertz CT molecular complexity index is 419. The van der Waals surface area contributed by atoms with E-state index in [0.717, 1.165) is 18.5 Å². The number of rotatable bonds is 2. The molecule has 1 saturated heterocycles. The fourth-order valence-electron chi connectivity index (χ4n) is 2.44. The second-order valence-electron chi connectivity index (χ2n) is 4.81. The van der Waals surface area contributed by atoms with Gasteiger partial charge >= 0.3 is 0 Å². The minimum absolute atomic E-state index is 0.0338. The van der Waals surface area contributed by atoms with Crippen LogP contribution in [0.25, 0.3) is 0 Å². The zero-order valence-electron chi connectivity index (χ0n) is 10.4. The predicted molar refractivity (Wildman–Crippen MR) is 66.6 cm³/mol. The van der Waals surface area contributed by atoms with Crippen LogP contribution < -0.4 is 5.73 Å². The first kappa shape index (κ1) is 12.0. The zero-order chi connectivity index (χ0) is 12.4. The Morgan fingerprint density at radius 1 is 1.65 bits per heavy atom. The molecule has 4 nitrogen and oxygen atoms in total. The maximum absolute atomic E-state index is 12.4. The lowest BCUT2D eigenvalue weighted by Gasteiger charge is -2.21. The molecule has 1 aliphatic heterocycles. The predicted octanol–water partition coefficient (Wildman–Crippen LogP) is 1.20. The summed E-state index contributed by atoms with van der Waals surface area (Å²) in [5.74, 6) is 0.463. The lowest BCUT2D eigenvalue weighted by atomic mass is 10.1. The second-order valence-corrected chi connectivity index (χ2v) is 4.81. The maximum Gasteiger partial charge on any atom is 0.272 e. The largest absolute Gasteiger partial charge is 0.334 e. The Morgan fingerprint density at radius 2 is 2.41 bits per heavy atom. The van der Waals surface area contributed by atoms with E-state index in [1.54, 1.807) is 6.20 Å². The highest BCUT2D eigenvalue weighted by Gasteiger charge is 2.32. The molecule has 2 unspecified atom stereocenters. The number of amides is 1. The number of hydrogen-bond acceptors (Lipinski definition) is 3. The number of hydrogen-bond donors (Lipinski definition) is 1. The van der Waals surface area contributed by atoms with Gasteiger partial charge in [0, 0.05) is 18.8 Å². The molecule has 0 spiro atoms. The summed E-state index contributed by atoms with van der Waals surface area (Å²) in [6.45, 7) is 5.40. The molecule has 2 atom stereocenters. The van der Waals surface area contributed by atoms with Crippen molar-refractivity contribution >= 4 is 5.91 Å². The van der Waals surface area contributed by atoms with Gasteiger partial charge in [0.2, 0.25) is 0 Å². The fourth-order valence-corrected chi connectivity index (χ4v) is 2.44. The molecular formula is C13H19N3O. The SMILES string of the molecule is Cc1cccnc1C(=O)N1CC(CN)CC1C. The van der Waals surface area contributed by atoms with E-state index in [-0.39, 0.29) is 11.9 Å². The van der Waals surface area contributed by atoms with E-state index in [2.05, 4.69) is 11.9 Å². The third-order valence-corrected chi connectivity index (χ3v) is 3.47. The van der Waals surface area contributed by atoms with Gasteiger partial charge in [-0.15, -0.1) is 0 Å². The molecule has 17 heavy (non-hydrogen) atoms. The van der Waals surface area contributed by atoms with Gasteiger partial charge in [0.25, 0.3) is 5.91 Å². The monoisotopic (exact) mass is 233 g/mol. The third-order valence-electron chi connectivity index (χ3n) is 3.47. The highest BCUT2D eigenvalue weighted by atomic mass is 16.2. The standard InChI is InChI=1S/C13H19N3O/c1-9-4-3-5-15-12(9)13(17)16-8-11(7-14)6-10(16)2/h3-5,10-11H,6-8,14H2,1-2H3. The maximum atomic E-state index is 12.4. The molecule has 2 rings (SSSR count). The van der Waals surface area contributed by atoms with E-state index in [9.17, 15) is 4.79 Å². The lowest BCUT2D eigenvalue weighted by Crippen LogP contribution is -2.35. The molecule has 4 heteroatoms. The average Bonchev–Trinajstić information content (AvgIpc) is 2.70. The van der Waals surface area contributed by atoms with Crippen molar-refractivity contribution in [1.29, 1.82) is 0 Å². The van der Waals surface area contributed by atoms with Crippen LogP contribution in [0.3, 0.4) is 0 Å². The average molecular weight is 233 g/mol. The first-order chi connectivity index (χ1) is 8.13. The molecule has 0 saturated carbocycles. The summed E-state index contributed by atoms with van der Waals surface area (Å²) in [5.41, 5.74) is 7.17. The molecule has 2 heterocycles. The molecule has 1 aliphatic rings. The van der Waals surface area contributed by atoms with Crippen molar-refractivity contribution < 1.29 is 4.79 Å². The van der Waals surface area contributed by atoms with Crippen LogP contribution in [0.2, 0.25) is 0 Å². The van der Waals surface area contributed by atoms with E-state index < -0.39 is 0 Å². The van der Waals surface area contributed by atoms with Gasteiger partial charge in [-0.2, -0.15) is 0 Å². The Morgan fingerprint density at radius 3 is 3.00 bits per heavy atom. The first-order valence-corrected chi connectivity index (χ1v) is 6.06. The lowest BCUT2D eigenvalue weighted by molar-refractivity contribution is 0.0736. The summed E-state index contributed by atoms with van der Waals surface area (Å²) >= 11 is 0. The van der Waals surface area contributed by atoms with Gasteiger partial charge < -0.3 is 10.6 Å². The molecule has 0 aliphatic carbocycles. The van der Waals surface area contributed by atoms with E-state index >= 15 is 0 Å². The van der Waals surface area contributed by atoms with Gasteiger partial charge in [0.05, 0.1) is 0 Å². The topological polar surface area (TPSA) is 59.2 Å². The molecule has 1 fully saturated rings. The highest BCUT2D eigenvalue weighted by Crippen LogP contribution is 2.24. The van der Waals surface area contributed by atoms with Crippen LogP contribution in [-0.4, -0.2) is 34.9 Å². The molecule has 2 N–H and O–H groups in total. The van der Waals surface area contributed by atoms with E-state index in [4.69, 9.17) is 5.73 Å². The Kier molecular flexibility index (Phi) is 3.43. The summed E-state index contributed by atoms with van der Waals surface area (Å²) in [6.07, 6.45) is 2.66. The number of aromatic nitrogens is 1. The fraction of sp³-hybridized carbons (Fsp3) is 0.538. The van der Waals surface area contributed by atoms with Crippen LogP contribution in [0.1, 0.15) is 29.4 Å². The van der Waals surface area contributed by atoms with Crippen LogP contribution in [-0.2, 0) is 0 Å². The van der Waals surface area contributed by atoms with Crippen molar-refractivity contribution in [2.45, 2.75) is 26.3 Å². The number of carbonyl (C=O) groups excluding carboxylic acids is 1. The van der Waals surface area contributed by atoms with Crippen molar-refractivity contribution in [3.8, 4) is 0 Å².